The van der Waals surface area contributed by atoms with Crippen molar-refractivity contribution in [2.24, 2.45) is 0 Å². The van der Waals surface area contributed by atoms with Crippen molar-refractivity contribution in [2.75, 3.05) is 0 Å². The normalized spacial score (nSPS) is 22.6. The number of hydrogen-bond acceptors (Lipinski definition) is 2. The SMILES string of the molecule is CCCC/C=C/S(=O)(=O)N(C1CCCCC1)C1CCCCC1. The van der Waals surface area contributed by atoms with Crippen molar-refractivity contribution >= 4 is 10.0 Å². The Kier molecular flexibility index (Phi) is 7.42. The highest BCUT2D eigenvalue weighted by Crippen LogP contribution is 2.32. The van der Waals surface area contributed by atoms with Gasteiger partial charge in [0.05, 0.1) is 0 Å². The molecule has 4 heteroatoms. The van der Waals surface area contributed by atoms with Crippen LogP contribution in [0.15, 0.2) is 11.5 Å². The second kappa shape index (κ2) is 9.07. The van der Waals surface area contributed by atoms with Crippen LogP contribution < -0.4 is 0 Å². The second-order valence-corrected chi connectivity index (χ2v) is 8.70. The molecule has 2 aliphatic carbocycles. The Morgan fingerprint density at radius 2 is 1.41 bits per heavy atom. The van der Waals surface area contributed by atoms with E-state index < -0.39 is 10.0 Å². The van der Waals surface area contributed by atoms with Crippen molar-refractivity contribution in [1.29, 1.82) is 0 Å². The van der Waals surface area contributed by atoms with Gasteiger partial charge in [-0.2, -0.15) is 4.31 Å². The molecule has 0 aromatic carbocycles. The minimum atomic E-state index is -3.25. The molecule has 0 N–H and O–H groups in total. The lowest BCUT2D eigenvalue weighted by atomic mass is 9.91. The van der Waals surface area contributed by atoms with Crippen LogP contribution in [0.2, 0.25) is 0 Å². The smallest absolute Gasteiger partial charge is 0.207 e. The number of rotatable bonds is 7. The first-order valence-corrected chi connectivity index (χ1v) is 10.9. The lowest BCUT2D eigenvalue weighted by molar-refractivity contribution is 0.171. The van der Waals surface area contributed by atoms with Crippen LogP contribution in [0.1, 0.15) is 90.4 Å². The summed E-state index contributed by atoms with van der Waals surface area (Å²) in [7, 11) is -3.25. The Bertz CT molecular complexity index is 414. The molecule has 2 saturated carbocycles. The van der Waals surface area contributed by atoms with Gasteiger partial charge in [0.2, 0.25) is 10.0 Å². The Balaban J connectivity index is 2.12. The molecule has 22 heavy (non-hydrogen) atoms. The van der Waals surface area contributed by atoms with Crippen molar-refractivity contribution in [3.8, 4) is 0 Å². The monoisotopic (exact) mass is 327 g/mol. The molecule has 3 nitrogen and oxygen atoms in total. The van der Waals surface area contributed by atoms with E-state index in [1.165, 1.54) is 43.9 Å². The number of sulfonamides is 1. The van der Waals surface area contributed by atoms with E-state index in [0.29, 0.717) is 0 Å². The van der Waals surface area contributed by atoms with Crippen molar-refractivity contribution in [2.45, 2.75) is 102 Å². The zero-order valence-electron chi connectivity index (χ0n) is 14.2. The maximum absolute atomic E-state index is 12.9. The molecule has 0 radical (unpaired) electrons. The average Bonchev–Trinajstić information content (AvgIpc) is 2.54. The molecule has 0 aromatic heterocycles. The summed E-state index contributed by atoms with van der Waals surface area (Å²) in [5, 5.41) is 1.51. The predicted octanol–water partition coefficient (Wildman–Crippen LogP) is 4.99. The molecule has 0 aromatic rings. The first-order chi connectivity index (χ1) is 10.6. The highest BCUT2D eigenvalue weighted by molar-refractivity contribution is 7.92. The molecule has 0 unspecified atom stereocenters. The van der Waals surface area contributed by atoms with Gasteiger partial charge in [-0.1, -0.05) is 64.4 Å². The van der Waals surface area contributed by atoms with Gasteiger partial charge in [0.15, 0.2) is 0 Å². The molecular weight excluding hydrogens is 294 g/mol. The van der Waals surface area contributed by atoms with Gasteiger partial charge in [0.1, 0.15) is 0 Å². The first-order valence-electron chi connectivity index (χ1n) is 9.35. The number of unbranched alkanes of at least 4 members (excludes halogenated alkanes) is 2. The quantitative estimate of drug-likeness (QED) is 0.618. The van der Waals surface area contributed by atoms with Crippen molar-refractivity contribution in [3.63, 3.8) is 0 Å². The van der Waals surface area contributed by atoms with Crippen LogP contribution in [0.4, 0.5) is 0 Å². The molecule has 0 heterocycles. The number of nitrogens with zero attached hydrogens (tertiary/aromatic N) is 1. The van der Waals surface area contributed by atoms with E-state index in [-0.39, 0.29) is 12.1 Å². The third-order valence-corrected chi connectivity index (χ3v) is 6.88. The van der Waals surface area contributed by atoms with E-state index >= 15 is 0 Å². The van der Waals surface area contributed by atoms with E-state index in [2.05, 4.69) is 6.92 Å². The zero-order valence-corrected chi connectivity index (χ0v) is 15.0. The molecule has 2 aliphatic rings. The van der Waals surface area contributed by atoms with Crippen LogP contribution >= 0.6 is 0 Å². The topological polar surface area (TPSA) is 37.4 Å². The molecule has 2 rings (SSSR count). The van der Waals surface area contributed by atoms with E-state index in [9.17, 15) is 8.42 Å². The van der Waals surface area contributed by atoms with Crippen LogP contribution in [-0.2, 0) is 10.0 Å². The van der Waals surface area contributed by atoms with Gasteiger partial charge >= 0.3 is 0 Å². The minimum absolute atomic E-state index is 0.248. The van der Waals surface area contributed by atoms with Crippen molar-refractivity contribution in [3.05, 3.63) is 11.5 Å². The summed E-state index contributed by atoms with van der Waals surface area (Å²) in [6, 6.07) is 0.496. The fourth-order valence-corrected chi connectivity index (χ4v) is 5.74. The molecule has 0 bridgehead atoms. The summed E-state index contributed by atoms with van der Waals surface area (Å²) in [6.07, 6.45) is 16.4. The summed E-state index contributed by atoms with van der Waals surface area (Å²) in [6.45, 7) is 2.14. The maximum atomic E-state index is 12.9. The maximum Gasteiger partial charge on any atom is 0.236 e. The molecule has 2 fully saturated rings. The van der Waals surface area contributed by atoms with Gasteiger partial charge in [-0.15, -0.1) is 0 Å². The van der Waals surface area contributed by atoms with Gasteiger partial charge < -0.3 is 0 Å². The lowest BCUT2D eigenvalue weighted by Crippen LogP contribution is -2.47. The first kappa shape index (κ1) is 18.0. The third-order valence-electron chi connectivity index (χ3n) is 5.16. The summed E-state index contributed by atoms with van der Waals surface area (Å²) in [5.74, 6) is 0. The van der Waals surface area contributed by atoms with Gasteiger partial charge in [-0.25, -0.2) is 8.42 Å². The zero-order chi connectivity index (χ0) is 15.8. The third kappa shape index (κ3) is 5.09. The van der Waals surface area contributed by atoms with Gasteiger partial charge in [0.25, 0.3) is 0 Å². The Hall–Kier alpha value is -0.350. The van der Waals surface area contributed by atoms with Gasteiger partial charge in [0, 0.05) is 17.5 Å². The van der Waals surface area contributed by atoms with E-state index in [0.717, 1.165) is 44.9 Å². The van der Waals surface area contributed by atoms with Gasteiger partial charge in [-0.05, 0) is 32.1 Å². The Morgan fingerprint density at radius 3 is 1.86 bits per heavy atom. The standard InChI is InChI=1S/C18H33NO2S/c1-2-3-4-11-16-22(20,21)19(17-12-7-5-8-13-17)18-14-9-6-10-15-18/h11,16-18H,2-10,12-15H2,1H3/b16-11+. The predicted molar refractivity (Wildman–Crippen MR) is 93.2 cm³/mol. The molecule has 0 amide bonds. The Labute approximate surface area is 137 Å². The fraction of sp³-hybridized carbons (Fsp3) is 0.889. The van der Waals surface area contributed by atoms with E-state index in [1.54, 1.807) is 0 Å². The van der Waals surface area contributed by atoms with Crippen LogP contribution in [0, 0.1) is 0 Å². The fourth-order valence-electron chi connectivity index (χ4n) is 3.97. The van der Waals surface area contributed by atoms with Crippen LogP contribution in [0.3, 0.4) is 0 Å². The largest absolute Gasteiger partial charge is 0.236 e. The van der Waals surface area contributed by atoms with Crippen molar-refractivity contribution in [1.82, 2.24) is 4.31 Å². The lowest BCUT2D eigenvalue weighted by Gasteiger charge is -2.39. The molecule has 128 valence electrons. The van der Waals surface area contributed by atoms with E-state index in [4.69, 9.17) is 0 Å². The van der Waals surface area contributed by atoms with Crippen LogP contribution in [-0.4, -0.2) is 24.8 Å². The molecule has 0 saturated heterocycles. The number of allylic oxidation sites excluding steroid dienone is 1. The summed E-state index contributed by atoms with van der Waals surface area (Å²) in [4.78, 5) is 0. The summed E-state index contributed by atoms with van der Waals surface area (Å²) < 4.78 is 27.8. The molecular formula is C18H33NO2S. The van der Waals surface area contributed by atoms with Crippen LogP contribution in [0.5, 0.6) is 0 Å². The second-order valence-electron chi connectivity index (χ2n) is 6.97. The minimum Gasteiger partial charge on any atom is -0.207 e. The van der Waals surface area contributed by atoms with Crippen LogP contribution in [0.25, 0.3) is 0 Å². The van der Waals surface area contributed by atoms with Crippen molar-refractivity contribution < 1.29 is 8.42 Å². The molecule has 0 spiro atoms. The summed E-state index contributed by atoms with van der Waals surface area (Å²) >= 11 is 0. The van der Waals surface area contributed by atoms with Gasteiger partial charge in [-0.3, -0.25) is 0 Å². The number of hydrogen-bond donors (Lipinski definition) is 0. The highest BCUT2D eigenvalue weighted by atomic mass is 32.2. The Morgan fingerprint density at radius 1 is 0.909 bits per heavy atom. The van der Waals surface area contributed by atoms with E-state index in [1.807, 2.05) is 10.4 Å². The highest BCUT2D eigenvalue weighted by Gasteiger charge is 2.35. The average molecular weight is 328 g/mol. The summed E-state index contributed by atoms with van der Waals surface area (Å²) in [5.41, 5.74) is 0. The molecule has 0 atom stereocenters. The molecule has 0 aliphatic heterocycles.